The summed E-state index contributed by atoms with van der Waals surface area (Å²) in [6.45, 7) is 0. The lowest BCUT2D eigenvalue weighted by atomic mass is 10.0. The Kier molecular flexibility index (Phi) is 3.72. The molecule has 17 heavy (non-hydrogen) atoms. The summed E-state index contributed by atoms with van der Waals surface area (Å²) in [5, 5.41) is 17.6. The lowest BCUT2D eigenvalue weighted by Gasteiger charge is -2.13. The molecule has 94 valence electrons. The summed E-state index contributed by atoms with van der Waals surface area (Å²) in [5.41, 5.74) is -1.82. The van der Waals surface area contributed by atoms with Crippen LogP contribution in [0.4, 0.5) is 17.6 Å². The number of rotatable bonds is 3. The first-order chi connectivity index (χ1) is 7.71. The normalized spacial score (nSPS) is 13.5. The topological polar surface area (TPSA) is 57.5 Å². The summed E-state index contributed by atoms with van der Waals surface area (Å²) >= 11 is 0. The number of carboxylic acids is 1. The fraction of sp³-hybridized carbons (Fsp3) is 0.300. The van der Waals surface area contributed by atoms with E-state index in [1.54, 1.807) is 0 Å². The summed E-state index contributed by atoms with van der Waals surface area (Å²) in [5.74, 6) is -2.51. The molecule has 0 saturated carbocycles. The molecule has 2 N–H and O–H groups in total. The molecular weight excluding hydrogens is 244 g/mol. The highest BCUT2D eigenvalue weighted by Crippen LogP contribution is 2.32. The number of carboxylic acid groups (broad SMARTS) is 1. The number of hydrogen-bond acceptors (Lipinski definition) is 2. The minimum Gasteiger partial charge on any atom is -0.481 e. The number of carbonyl (C=O) groups is 1. The maximum Gasteiger partial charge on any atom is 0.416 e. The molecule has 7 heteroatoms. The Hall–Kier alpha value is -1.63. The van der Waals surface area contributed by atoms with Gasteiger partial charge < -0.3 is 10.2 Å². The van der Waals surface area contributed by atoms with E-state index in [-0.39, 0.29) is 0 Å². The van der Waals surface area contributed by atoms with Gasteiger partial charge in [-0.1, -0.05) is 0 Å². The zero-order valence-electron chi connectivity index (χ0n) is 8.33. The van der Waals surface area contributed by atoms with Crippen LogP contribution in [0.2, 0.25) is 0 Å². The molecule has 0 spiro atoms. The Balaban J connectivity index is 3.10. The fourth-order valence-corrected chi connectivity index (χ4v) is 1.25. The van der Waals surface area contributed by atoms with Gasteiger partial charge in [0.2, 0.25) is 0 Å². The van der Waals surface area contributed by atoms with Crippen LogP contribution in [0.1, 0.15) is 23.7 Å². The van der Waals surface area contributed by atoms with Crippen LogP contribution in [0.3, 0.4) is 0 Å². The summed E-state index contributed by atoms with van der Waals surface area (Å²) in [7, 11) is 0. The van der Waals surface area contributed by atoms with E-state index in [9.17, 15) is 27.5 Å². The average Bonchev–Trinajstić information content (AvgIpc) is 2.15. The van der Waals surface area contributed by atoms with E-state index in [1.807, 2.05) is 0 Å². The van der Waals surface area contributed by atoms with Crippen LogP contribution in [0.15, 0.2) is 18.2 Å². The third-order valence-corrected chi connectivity index (χ3v) is 2.05. The fourth-order valence-electron chi connectivity index (χ4n) is 1.25. The molecule has 0 aliphatic carbocycles. The maximum atomic E-state index is 13.1. The number of benzene rings is 1. The third-order valence-electron chi connectivity index (χ3n) is 2.05. The van der Waals surface area contributed by atoms with Crippen LogP contribution in [0.5, 0.6) is 0 Å². The quantitative estimate of drug-likeness (QED) is 0.812. The molecule has 0 aliphatic rings. The van der Waals surface area contributed by atoms with Gasteiger partial charge in [-0.3, -0.25) is 4.79 Å². The second-order valence-corrected chi connectivity index (χ2v) is 3.35. The van der Waals surface area contributed by atoms with E-state index in [1.165, 1.54) is 0 Å². The number of aliphatic carboxylic acids is 1. The Labute approximate surface area is 93.3 Å². The third kappa shape index (κ3) is 3.42. The van der Waals surface area contributed by atoms with Gasteiger partial charge in [0.25, 0.3) is 0 Å². The van der Waals surface area contributed by atoms with Gasteiger partial charge in [-0.15, -0.1) is 0 Å². The first-order valence-corrected chi connectivity index (χ1v) is 4.48. The second kappa shape index (κ2) is 4.70. The van der Waals surface area contributed by atoms with Gasteiger partial charge in [-0.25, -0.2) is 4.39 Å². The Bertz CT molecular complexity index is 428. The van der Waals surface area contributed by atoms with Crippen LogP contribution < -0.4 is 0 Å². The smallest absolute Gasteiger partial charge is 0.416 e. The molecule has 3 nitrogen and oxygen atoms in total. The Morgan fingerprint density at radius 1 is 1.35 bits per heavy atom. The highest BCUT2D eigenvalue weighted by Gasteiger charge is 2.32. The van der Waals surface area contributed by atoms with Crippen LogP contribution in [0.25, 0.3) is 0 Å². The van der Waals surface area contributed by atoms with Crippen molar-refractivity contribution in [1.29, 1.82) is 0 Å². The summed E-state index contributed by atoms with van der Waals surface area (Å²) in [6.07, 6.45) is -7.35. The molecule has 0 amide bonds. The van der Waals surface area contributed by atoms with Gasteiger partial charge in [0.1, 0.15) is 5.82 Å². The molecule has 0 fully saturated rings. The molecule has 1 aromatic rings. The number of aliphatic hydroxyl groups is 1. The molecule has 0 radical (unpaired) electrons. The van der Waals surface area contributed by atoms with Gasteiger partial charge in [0.15, 0.2) is 0 Å². The molecule has 0 unspecified atom stereocenters. The number of halogens is 4. The molecule has 1 rings (SSSR count). The maximum absolute atomic E-state index is 13.1. The van der Waals surface area contributed by atoms with E-state index >= 15 is 0 Å². The zero-order chi connectivity index (χ0) is 13.2. The molecule has 0 saturated heterocycles. The second-order valence-electron chi connectivity index (χ2n) is 3.35. The molecule has 0 aromatic heterocycles. The van der Waals surface area contributed by atoms with E-state index in [0.717, 1.165) is 0 Å². The first-order valence-electron chi connectivity index (χ1n) is 4.48. The van der Waals surface area contributed by atoms with E-state index in [2.05, 4.69) is 0 Å². The van der Waals surface area contributed by atoms with Crippen LogP contribution >= 0.6 is 0 Å². The summed E-state index contributed by atoms with van der Waals surface area (Å²) < 4.78 is 50.1. The minimum absolute atomic E-state index is 0.406. The predicted molar refractivity (Wildman–Crippen MR) is 48.6 cm³/mol. The molecule has 0 heterocycles. The van der Waals surface area contributed by atoms with Gasteiger partial charge >= 0.3 is 12.1 Å². The minimum atomic E-state index is -4.68. The Morgan fingerprint density at radius 3 is 2.41 bits per heavy atom. The molecule has 0 aliphatic heterocycles. The predicted octanol–water partition coefficient (Wildman–Crippen LogP) is 2.35. The summed E-state index contributed by atoms with van der Waals surface area (Å²) in [4.78, 5) is 10.3. The van der Waals surface area contributed by atoms with Gasteiger partial charge in [0, 0.05) is 5.56 Å². The molecule has 1 aromatic carbocycles. The largest absolute Gasteiger partial charge is 0.481 e. The number of hydrogen-bond donors (Lipinski definition) is 2. The van der Waals surface area contributed by atoms with Crippen molar-refractivity contribution in [1.82, 2.24) is 0 Å². The van der Waals surface area contributed by atoms with Crippen molar-refractivity contribution in [2.24, 2.45) is 0 Å². The zero-order valence-corrected chi connectivity index (χ0v) is 8.33. The van der Waals surface area contributed by atoms with Crippen LogP contribution in [-0.2, 0) is 11.0 Å². The van der Waals surface area contributed by atoms with Gasteiger partial charge in [-0.05, 0) is 18.2 Å². The van der Waals surface area contributed by atoms with Crippen molar-refractivity contribution in [3.63, 3.8) is 0 Å². The summed E-state index contributed by atoms with van der Waals surface area (Å²) in [6, 6.07) is 1.47. The van der Waals surface area contributed by atoms with Gasteiger partial charge in [-0.2, -0.15) is 13.2 Å². The lowest BCUT2D eigenvalue weighted by molar-refractivity contribution is -0.139. The molecule has 1 atom stereocenters. The van der Waals surface area contributed by atoms with Crippen molar-refractivity contribution in [2.45, 2.75) is 18.7 Å². The SMILES string of the molecule is O=C(O)C[C@@H](O)c1cc(C(F)(F)F)ccc1F. The molecule has 0 bridgehead atoms. The van der Waals surface area contributed by atoms with Gasteiger partial charge in [0.05, 0.1) is 18.1 Å². The van der Waals surface area contributed by atoms with Crippen molar-refractivity contribution in [3.8, 4) is 0 Å². The lowest BCUT2D eigenvalue weighted by Crippen LogP contribution is -2.11. The highest BCUT2D eigenvalue weighted by molar-refractivity contribution is 5.67. The average molecular weight is 252 g/mol. The Morgan fingerprint density at radius 2 is 1.94 bits per heavy atom. The molecular formula is C10H8F4O3. The standard InChI is InChI=1S/C10H8F4O3/c11-7-2-1-5(10(12,13)14)3-6(7)8(15)4-9(16)17/h1-3,8,15H,4H2,(H,16,17)/t8-/m1/s1. The van der Waals surface area contributed by atoms with E-state index in [4.69, 9.17) is 5.11 Å². The first kappa shape index (κ1) is 13.4. The van der Waals surface area contributed by atoms with E-state index in [0.29, 0.717) is 18.2 Å². The van der Waals surface area contributed by atoms with Crippen LogP contribution in [-0.4, -0.2) is 16.2 Å². The van der Waals surface area contributed by atoms with Crippen molar-refractivity contribution >= 4 is 5.97 Å². The highest BCUT2D eigenvalue weighted by atomic mass is 19.4. The number of alkyl halides is 3. The van der Waals surface area contributed by atoms with Crippen molar-refractivity contribution in [2.75, 3.05) is 0 Å². The monoisotopic (exact) mass is 252 g/mol. The number of aliphatic hydroxyl groups excluding tert-OH is 1. The van der Waals surface area contributed by atoms with Crippen molar-refractivity contribution in [3.05, 3.63) is 35.1 Å². The van der Waals surface area contributed by atoms with Crippen LogP contribution in [0, 0.1) is 5.82 Å². The van der Waals surface area contributed by atoms with E-state index < -0.39 is 41.6 Å². The van der Waals surface area contributed by atoms with Crippen molar-refractivity contribution < 1.29 is 32.6 Å².